The van der Waals surface area contributed by atoms with Crippen molar-refractivity contribution >= 4 is 5.97 Å². The molecule has 4 nitrogen and oxygen atoms in total. The molecule has 0 aromatic carbocycles. The summed E-state index contributed by atoms with van der Waals surface area (Å²) in [5.74, 6) is -0.216. The molecule has 0 aromatic rings. The van der Waals surface area contributed by atoms with Gasteiger partial charge in [-0.05, 0) is 83.5 Å². The van der Waals surface area contributed by atoms with Crippen molar-refractivity contribution < 1.29 is 19.4 Å². The summed E-state index contributed by atoms with van der Waals surface area (Å²) in [5, 5.41) is 9.60. The van der Waals surface area contributed by atoms with Crippen LogP contribution in [0.1, 0.15) is 194 Å². The van der Waals surface area contributed by atoms with E-state index in [0.29, 0.717) is 13.0 Å². The van der Waals surface area contributed by atoms with E-state index < -0.39 is 6.10 Å². The number of aliphatic hydroxyl groups excluding tert-OH is 1. The monoisotopic (exact) mass is 711 g/mol. The molecule has 0 spiro atoms. The second-order valence-corrected chi connectivity index (χ2v) is 14.0. The first-order valence-electron chi connectivity index (χ1n) is 21.5. The second kappa shape index (κ2) is 44.0. The SMILES string of the molecule is CC/C=C\C/C=C\C/C=C\C/C=C\C/C=C\CCCCCCCCCC(=O)OC(CO)COCCCCCCCC/C=C\CCCCCCCC. The van der Waals surface area contributed by atoms with Gasteiger partial charge >= 0.3 is 5.97 Å². The molecule has 0 radical (unpaired) electrons. The van der Waals surface area contributed by atoms with Crippen LogP contribution in [0.4, 0.5) is 0 Å². The summed E-state index contributed by atoms with van der Waals surface area (Å²) in [6, 6.07) is 0. The van der Waals surface area contributed by atoms with E-state index in [9.17, 15) is 9.90 Å². The van der Waals surface area contributed by atoms with Crippen LogP contribution in [-0.2, 0) is 14.3 Å². The molecule has 0 bridgehead atoms. The molecule has 1 atom stereocenters. The first-order chi connectivity index (χ1) is 25.2. The van der Waals surface area contributed by atoms with Crippen LogP contribution in [0.25, 0.3) is 0 Å². The number of allylic oxidation sites excluding steroid dienone is 12. The van der Waals surface area contributed by atoms with Gasteiger partial charge in [-0.25, -0.2) is 0 Å². The van der Waals surface area contributed by atoms with Gasteiger partial charge in [0.2, 0.25) is 0 Å². The minimum absolute atomic E-state index is 0.182. The lowest BCUT2D eigenvalue weighted by Crippen LogP contribution is -2.27. The molecule has 51 heavy (non-hydrogen) atoms. The molecule has 0 aromatic heterocycles. The molecule has 294 valence electrons. The van der Waals surface area contributed by atoms with Gasteiger partial charge in [0, 0.05) is 13.0 Å². The number of carbonyl (C=O) groups is 1. The average molecular weight is 711 g/mol. The Morgan fingerprint density at radius 3 is 1.35 bits per heavy atom. The standard InChI is InChI=1S/C47H82O4/c1-3-5-7-9-11-13-15-17-19-21-22-23-24-25-26-27-28-30-32-34-36-38-40-42-47(49)51-46(44-48)45-50-43-41-39-37-35-33-31-29-20-18-16-14-12-10-8-6-4-2/h5,7,11,13,17-20,22-23,25-26,46,48H,3-4,6,8-10,12,14-16,21,24,27-45H2,1-2H3/b7-5-,13-11-,19-17-,20-18-,23-22-,26-25-. The number of aliphatic hydroxyl groups is 1. The predicted molar refractivity (Wildman–Crippen MR) is 223 cm³/mol. The summed E-state index contributed by atoms with van der Waals surface area (Å²) in [6.45, 7) is 5.20. The fraction of sp³-hybridized carbons (Fsp3) is 0.723. The summed E-state index contributed by atoms with van der Waals surface area (Å²) < 4.78 is 11.1. The highest BCUT2D eigenvalue weighted by Gasteiger charge is 2.13. The van der Waals surface area contributed by atoms with E-state index >= 15 is 0 Å². The average Bonchev–Trinajstić information content (AvgIpc) is 3.14. The second-order valence-electron chi connectivity index (χ2n) is 14.0. The van der Waals surface area contributed by atoms with Crippen molar-refractivity contribution in [2.45, 2.75) is 200 Å². The normalized spacial score (nSPS) is 13.1. The predicted octanol–water partition coefficient (Wildman–Crippen LogP) is 14.2. The lowest BCUT2D eigenvalue weighted by atomic mass is 10.1. The highest BCUT2D eigenvalue weighted by molar-refractivity contribution is 5.69. The Bertz CT molecular complexity index is 881. The minimum Gasteiger partial charge on any atom is -0.457 e. The van der Waals surface area contributed by atoms with Gasteiger partial charge in [0.1, 0.15) is 6.10 Å². The molecule has 0 heterocycles. The van der Waals surface area contributed by atoms with Gasteiger partial charge in [0.25, 0.3) is 0 Å². The molecule has 0 amide bonds. The van der Waals surface area contributed by atoms with Crippen molar-refractivity contribution in [3.8, 4) is 0 Å². The zero-order chi connectivity index (χ0) is 37.0. The minimum atomic E-state index is -0.547. The van der Waals surface area contributed by atoms with Crippen LogP contribution in [0.3, 0.4) is 0 Å². The number of unbranched alkanes of at least 4 members (excludes halogenated alkanes) is 19. The molecule has 4 heteroatoms. The van der Waals surface area contributed by atoms with Gasteiger partial charge in [-0.3, -0.25) is 4.79 Å². The van der Waals surface area contributed by atoms with Crippen molar-refractivity contribution in [1.82, 2.24) is 0 Å². The van der Waals surface area contributed by atoms with Crippen molar-refractivity contribution in [2.24, 2.45) is 0 Å². The fourth-order valence-electron chi connectivity index (χ4n) is 5.82. The molecule has 0 rings (SSSR count). The van der Waals surface area contributed by atoms with Gasteiger partial charge in [-0.2, -0.15) is 0 Å². The molecular formula is C47H82O4. The van der Waals surface area contributed by atoms with Crippen LogP contribution < -0.4 is 0 Å². The quantitative estimate of drug-likeness (QED) is 0.0392. The fourth-order valence-corrected chi connectivity index (χ4v) is 5.82. The van der Waals surface area contributed by atoms with E-state index in [0.717, 1.165) is 64.2 Å². The topological polar surface area (TPSA) is 55.8 Å². The third kappa shape index (κ3) is 42.1. The Morgan fingerprint density at radius 2 is 0.882 bits per heavy atom. The third-order valence-electron chi connectivity index (χ3n) is 9.02. The maximum atomic E-state index is 12.2. The molecule has 0 fully saturated rings. The van der Waals surface area contributed by atoms with E-state index in [1.807, 2.05) is 0 Å². The molecule has 0 aliphatic heterocycles. The first-order valence-corrected chi connectivity index (χ1v) is 21.5. The lowest BCUT2D eigenvalue weighted by Gasteiger charge is -2.15. The van der Waals surface area contributed by atoms with Crippen LogP contribution in [-0.4, -0.2) is 37.0 Å². The van der Waals surface area contributed by atoms with Crippen LogP contribution in [0.5, 0.6) is 0 Å². The maximum absolute atomic E-state index is 12.2. The number of ether oxygens (including phenoxy) is 2. The zero-order valence-corrected chi connectivity index (χ0v) is 33.6. The maximum Gasteiger partial charge on any atom is 0.306 e. The van der Waals surface area contributed by atoms with Crippen molar-refractivity contribution in [2.75, 3.05) is 19.8 Å². The van der Waals surface area contributed by atoms with E-state index in [-0.39, 0.29) is 19.2 Å². The first kappa shape index (κ1) is 48.8. The van der Waals surface area contributed by atoms with E-state index in [2.05, 4.69) is 86.8 Å². The summed E-state index contributed by atoms with van der Waals surface area (Å²) in [6.07, 6.45) is 59.6. The molecule has 0 saturated carbocycles. The molecular weight excluding hydrogens is 629 g/mol. The Labute approximate surface area is 317 Å². The molecule has 0 aliphatic carbocycles. The largest absolute Gasteiger partial charge is 0.457 e. The number of esters is 1. The summed E-state index contributed by atoms with van der Waals surface area (Å²) >= 11 is 0. The summed E-state index contributed by atoms with van der Waals surface area (Å²) in [4.78, 5) is 12.2. The van der Waals surface area contributed by atoms with E-state index in [4.69, 9.17) is 9.47 Å². The molecule has 1 N–H and O–H groups in total. The van der Waals surface area contributed by atoms with E-state index in [1.54, 1.807) is 0 Å². The molecule has 0 aliphatic rings. The van der Waals surface area contributed by atoms with Crippen LogP contribution in [0.2, 0.25) is 0 Å². The number of hydrogen-bond donors (Lipinski definition) is 1. The number of rotatable bonds is 39. The Balaban J connectivity index is 3.50. The van der Waals surface area contributed by atoms with E-state index in [1.165, 1.54) is 109 Å². The van der Waals surface area contributed by atoms with Gasteiger partial charge in [-0.15, -0.1) is 0 Å². The van der Waals surface area contributed by atoms with Gasteiger partial charge in [-0.1, -0.05) is 177 Å². The van der Waals surface area contributed by atoms with Crippen LogP contribution >= 0.6 is 0 Å². The Hall–Kier alpha value is -2.17. The Kier molecular flexibility index (Phi) is 42.1. The summed E-state index contributed by atoms with van der Waals surface area (Å²) in [7, 11) is 0. The van der Waals surface area contributed by atoms with Crippen molar-refractivity contribution in [1.29, 1.82) is 0 Å². The summed E-state index contributed by atoms with van der Waals surface area (Å²) in [5.41, 5.74) is 0. The molecule has 1 unspecified atom stereocenters. The van der Waals surface area contributed by atoms with Crippen molar-refractivity contribution in [3.05, 3.63) is 72.9 Å². The smallest absolute Gasteiger partial charge is 0.306 e. The van der Waals surface area contributed by atoms with Gasteiger partial charge in [0.05, 0.1) is 13.2 Å². The van der Waals surface area contributed by atoms with Gasteiger partial charge in [0.15, 0.2) is 0 Å². The third-order valence-corrected chi connectivity index (χ3v) is 9.02. The molecule has 0 saturated heterocycles. The van der Waals surface area contributed by atoms with Crippen LogP contribution in [0.15, 0.2) is 72.9 Å². The number of carbonyl (C=O) groups excluding carboxylic acids is 1. The van der Waals surface area contributed by atoms with Crippen molar-refractivity contribution in [3.63, 3.8) is 0 Å². The lowest BCUT2D eigenvalue weighted by molar-refractivity contribution is -0.154. The number of hydrogen-bond acceptors (Lipinski definition) is 4. The highest BCUT2D eigenvalue weighted by Crippen LogP contribution is 2.12. The zero-order valence-electron chi connectivity index (χ0n) is 33.6. The Morgan fingerprint density at radius 1 is 0.490 bits per heavy atom. The van der Waals surface area contributed by atoms with Crippen LogP contribution in [0, 0.1) is 0 Å². The van der Waals surface area contributed by atoms with Gasteiger partial charge < -0.3 is 14.6 Å². The highest BCUT2D eigenvalue weighted by atomic mass is 16.6.